The molecule has 0 aliphatic rings. The van der Waals surface area contributed by atoms with Gasteiger partial charge in [0.05, 0.1) is 24.1 Å². The molecule has 0 bridgehead atoms. The first-order valence-corrected chi connectivity index (χ1v) is 9.14. The van der Waals surface area contributed by atoms with E-state index in [9.17, 15) is 13.2 Å². The Balaban J connectivity index is 2.22. The molecular formula is C16H17ClN2O4S. The third-order valence-electron chi connectivity index (χ3n) is 3.38. The van der Waals surface area contributed by atoms with Gasteiger partial charge in [0.1, 0.15) is 5.75 Å². The van der Waals surface area contributed by atoms with Crippen molar-refractivity contribution in [3.05, 3.63) is 53.1 Å². The SMILES string of the molecule is COc1ccc(C(=O)Nc2cccc(N(C)S(C)(=O)=O)c2)cc1Cl. The highest BCUT2D eigenvalue weighted by Crippen LogP contribution is 2.26. The zero-order chi connectivity index (χ0) is 17.9. The van der Waals surface area contributed by atoms with E-state index in [0.717, 1.165) is 10.6 Å². The molecule has 0 spiro atoms. The first-order valence-electron chi connectivity index (χ1n) is 6.91. The number of nitrogens with zero attached hydrogens (tertiary/aromatic N) is 1. The fraction of sp³-hybridized carbons (Fsp3) is 0.188. The molecule has 0 aromatic heterocycles. The maximum absolute atomic E-state index is 12.3. The molecule has 128 valence electrons. The van der Waals surface area contributed by atoms with Crippen LogP contribution in [0.3, 0.4) is 0 Å². The van der Waals surface area contributed by atoms with Crippen molar-refractivity contribution in [1.82, 2.24) is 0 Å². The molecule has 0 aliphatic carbocycles. The Kier molecular flexibility index (Phi) is 5.36. The van der Waals surface area contributed by atoms with Crippen molar-refractivity contribution < 1.29 is 17.9 Å². The highest BCUT2D eigenvalue weighted by molar-refractivity contribution is 7.92. The molecule has 8 heteroatoms. The van der Waals surface area contributed by atoms with Crippen LogP contribution in [-0.4, -0.2) is 34.7 Å². The average Bonchev–Trinajstić information content (AvgIpc) is 2.53. The molecule has 24 heavy (non-hydrogen) atoms. The van der Waals surface area contributed by atoms with E-state index in [2.05, 4.69) is 5.32 Å². The Morgan fingerprint density at radius 3 is 2.50 bits per heavy atom. The van der Waals surface area contributed by atoms with E-state index in [-0.39, 0.29) is 5.91 Å². The van der Waals surface area contributed by atoms with Crippen molar-refractivity contribution in [3.8, 4) is 5.75 Å². The summed E-state index contributed by atoms with van der Waals surface area (Å²) in [5.74, 6) is 0.115. The maximum atomic E-state index is 12.3. The molecule has 1 amide bonds. The van der Waals surface area contributed by atoms with E-state index in [1.807, 2.05) is 0 Å². The Bertz CT molecular complexity index is 868. The number of hydrogen-bond donors (Lipinski definition) is 1. The number of halogens is 1. The van der Waals surface area contributed by atoms with Gasteiger partial charge in [0.15, 0.2) is 0 Å². The molecule has 0 aliphatic heterocycles. The summed E-state index contributed by atoms with van der Waals surface area (Å²) in [5, 5.41) is 3.04. The first-order chi connectivity index (χ1) is 11.2. The maximum Gasteiger partial charge on any atom is 0.255 e. The van der Waals surface area contributed by atoms with E-state index in [1.165, 1.54) is 20.2 Å². The normalized spacial score (nSPS) is 11.0. The molecule has 0 saturated carbocycles. The summed E-state index contributed by atoms with van der Waals surface area (Å²) in [4.78, 5) is 12.3. The number of nitrogens with one attached hydrogen (secondary N) is 1. The highest BCUT2D eigenvalue weighted by atomic mass is 35.5. The predicted molar refractivity (Wildman–Crippen MR) is 95.6 cm³/mol. The van der Waals surface area contributed by atoms with Gasteiger partial charge in [0.2, 0.25) is 10.0 Å². The van der Waals surface area contributed by atoms with Crippen LogP contribution in [0.1, 0.15) is 10.4 Å². The molecular weight excluding hydrogens is 352 g/mol. The topological polar surface area (TPSA) is 75.7 Å². The van der Waals surface area contributed by atoms with Crippen molar-refractivity contribution in [1.29, 1.82) is 0 Å². The van der Waals surface area contributed by atoms with Crippen LogP contribution >= 0.6 is 11.6 Å². The molecule has 0 fully saturated rings. The van der Waals surface area contributed by atoms with E-state index in [4.69, 9.17) is 16.3 Å². The minimum absolute atomic E-state index is 0.329. The Morgan fingerprint density at radius 2 is 1.92 bits per heavy atom. The van der Waals surface area contributed by atoms with Gasteiger partial charge in [-0.05, 0) is 36.4 Å². The number of rotatable bonds is 5. The van der Waals surface area contributed by atoms with Crippen LogP contribution in [0.2, 0.25) is 5.02 Å². The number of methoxy groups -OCH3 is 1. The third-order valence-corrected chi connectivity index (χ3v) is 4.88. The van der Waals surface area contributed by atoms with Gasteiger partial charge in [-0.2, -0.15) is 0 Å². The zero-order valence-corrected chi connectivity index (χ0v) is 15.0. The predicted octanol–water partition coefficient (Wildman–Crippen LogP) is 3.00. The first kappa shape index (κ1) is 18.1. The van der Waals surface area contributed by atoms with E-state index < -0.39 is 10.0 Å². The van der Waals surface area contributed by atoms with Crippen LogP contribution in [0.5, 0.6) is 5.75 Å². The van der Waals surface area contributed by atoms with E-state index in [1.54, 1.807) is 36.4 Å². The van der Waals surface area contributed by atoms with E-state index >= 15 is 0 Å². The van der Waals surface area contributed by atoms with Gasteiger partial charge in [-0.1, -0.05) is 17.7 Å². The molecule has 2 aromatic carbocycles. The van der Waals surface area contributed by atoms with Gasteiger partial charge in [-0.3, -0.25) is 9.10 Å². The van der Waals surface area contributed by atoms with Crippen molar-refractivity contribution in [2.24, 2.45) is 0 Å². The third kappa shape index (κ3) is 4.18. The van der Waals surface area contributed by atoms with Gasteiger partial charge < -0.3 is 10.1 Å². The number of carbonyl (C=O) groups is 1. The van der Waals surface area contributed by atoms with Crippen LogP contribution in [0, 0.1) is 0 Å². The zero-order valence-electron chi connectivity index (χ0n) is 13.4. The fourth-order valence-electron chi connectivity index (χ4n) is 1.98. The monoisotopic (exact) mass is 368 g/mol. The smallest absolute Gasteiger partial charge is 0.255 e. The molecule has 0 radical (unpaired) electrons. The molecule has 2 aromatic rings. The summed E-state index contributed by atoms with van der Waals surface area (Å²) in [5.41, 5.74) is 1.28. The number of benzene rings is 2. The molecule has 2 rings (SSSR count). The minimum atomic E-state index is -3.38. The molecule has 6 nitrogen and oxygen atoms in total. The second kappa shape index (κ2) is 7.11. The largest absolute Gasteiger partial charge is 0.495 e. The Labute approximate surface area is 146 Å². The van der Waals surface area contributed by atoms with Gasteiger partial charge in [-0.25, -0.2) is 8.42 Å². The van der Waals surface area contributed by atoms with Crippen LogP contribution in [0.4, 0.5) is 11.4 Å². The fourth-order valence-corrected chi connectivity index (χ4v) is 2.74. The highest BCUT2D eigenvalue weighted by Gasteiger charge is 2.14. The molecule has 1 N–H and O–H groups in total. The molecule has 0 heterocycles. The van der Waals surface area contributed by atoms with Crippen LogP contribution in [0.15, 0.2) is 42.5 Å². The lowest BCUT2D eigenvalue weighted by atomic mass is 10.2. The van der Waals surface area contributed by atoms with Gasteiger partial charge >= 0.3 is 0 Å². The number of anilines is 2. The van der Waals surface area contributed by atoms with Crippen molar-refractivity contribution >= 4 is 38.9 Å². The molecule has 0 atom stereocenters. The summed E-state index contributed by atoms with van der Waals surface area (Å²) in [6.45, 7) is 0. The van der Waals surface area contributed by atoms with Crippen molar-refractivity contribution in [3.63, 3.8) is 0 Å². The molecule has 0 unspecified atom stereocenters. The number of sulfonamides is 1. The summed E-state index contributed by atoms with van der Waals surface area (Å²) in [6, 6.07) is 11.2. The summed E-state index contributed by atoms with van der Waals surface area (Å²) >= 11 is 6.02. The summed E-state index contributed by atoms with van der Waals surface area (Å²) in [7, 11) is -0.443. The van der Waals surface area contributed by atoms with Crippen LogP contribution < -0.4 is 14.4 Å². The Hall–Kier alpha value is -2.25. The van der Waals surface area contributed by atoms with E-state index in [0.29, 0.717) is 27.7 Å². The van der Waals surface area contributed by atoms with Crippen LogP contribution in [0.25, 0.3) is 0 Å². The molecule has 0 saturated heterocycles. The Morgan fingerprint density at radius 1 is 1.21 bits per heavy atom. The lowest BCUT2D eigenvalue weighted by Gasteiger charge is -2.17. The average molecular weight is 369 g/mol. The summed E-state index contributed by atoms with van der Waals surface area (Å²) in [6.07, 6.45) is 1.11. The second-order valence-electron chi connectivity index (χ2n) is 5.08. The number of hydrogen-bond acceptors (Lipinski definition) is 4. The minimum Gasteiger partial charge on any atom is -0.495 e. The lowest BCUT2D eigenvalue weighted by Crippen LogP contribution is -2.24. The van der Waals surface area contributed by atoms with Crippen molar-refractivity contribution in [2.75, 3.05) is 30.0 Å². The standard InChI is InChI=1S/C16H17ClN2O4S/c1-19(24(3,21)22)13-6-4-5-12(10-13)18-16(20)11-7-8-15(23-2)14(17)9-11/h4-10H,1-3H3,(H,18,20). The van der Waals surface area contributed by atoms with Crippen LogP contribution in [-0.2, 0) is 10.0 Å². The number of carbonyl (C=O) groups excluding carboxylic acids is 1. The lowest BCUT2D eigenvalue weighted by molar-refractivity contribution is 0.102. The summed E-state index contributed by atoms with van der Waals surface area (Å²) < 4.78 is 29.4. The number of amides is 1. The quantitative estimate of drug-likeness (QED) is 0.880. The van der Waals surface area contributed by atoms with Gasteiger partial charge in [0.25, 0.3) is 5.91 Å². The van der Waals surface area contributed by atoms with Gasteiger partial charge in [-0.15, -0.1) is 0 Å². The van der Waals surface area contributed by atoms with Gasteiger partial charge in [0, 0.05) is 18.3 Å². The number of ether oxygens (including phenoxy) is 1. The second-order valence-corrected chi connectivity index (χ2v) is 7.51. The van der Waals surface area contributed by atoms with Crippen molar-refractivity contribution in [2.45, 2.75) is 0 Å².